The summed E-state index contributed by atoms with van der Waals surface area (Å²) in [6, 6.07) is 8.89. The SMILES string of the molecule is CCOC(=O)CCCc1ccc(CC(NC(=O)c2ccc(F)c(C(F)(F)F)c2)(c2cc(F)cc(OC(F)(F)C(F)F)c2)c2ccc(F)c(C(F)(F)F)c2)cc1. The van der Waals surface area contributed by atoms with Gasteiger partial charge in [-0.15, -0.1) is 0 Å². The lowest BCUT2D eigenvalue weighted by Gasteiger charge is -2.37. The van der Waals surface area contributed by atoms with E-state index in [2.05, 4.69) is 10.1 Å². The second-order valence-corrected chi connectivity index (χ2v) is 12.0. The predicted molar refractivity (Wildman–Crippen MR) is 169 cm³/mol. The standard InChI is InChI=1S/C37H28F13NO4/c1-2-54-31(52)5-3-4-20-6-8-21(9-7-20)19-34(23-11-13-30(40)28(17-23)36(46,47)48,24-15-25(38)18-26(16-24)55-37(49,50)33(41)42)51-32(53)22-10-12-29(39)27(14-22)35(43,44)45/h6-18,33H,2-5,19H2,1H3,(H,51,53). The van der Waals surface area contributed by atoms with Crippen molar-refractivity contribution in [2.75, 3.05) is 6.61 Å². The second-order valence-electron chi connectivity index (χ2n) is 12.0. The highest BCUT2D eigenvalue weighted by atomic mass is 19.4. The quantitative estimate of drug-likeness (QED) is 0.102. The van der Waals surface area contributed by atoms with Crippen LogP contribution in [0.3, 0.4) is 0 Å². The van der Waals surface area contributed by atoms with Crippen LogP contribution in [-0.4, -0.2) is 31.0 Å². The van der Waals surface area contributed by atoms with Crippen molar-refractivity contribution in [3.05, 3.63) is 135 Å². The van der Waals surface area contributed by atoms with Crippen LogP contribution in [0.2, 0.25) is 0 Å². The Kier molecular flexibility index (Phi) is 12.8. The minimum Gasteiger partial charge on any atom is -0.466 e. The van der Waals surface area contributed by atoms with Crippen LogP contribution in [0.15, 0.2) is 78.9 Å². The average Bonchev–Trinajstić information content (AvgIpc) is 3.07. The van der Waals surface area contributed by atoms with Gasteiger partial charge in [-0.05, 0) is 84.5 Å². The molecule has 0 saturated heterocycles. The number of ether oxygens (including phenoxy) is 2. The number of alkyl halides is 10. The molecule has 0 heterocycles. The van der Waals surface area contributed by atoms with Gasteiger partial charge in [-0.3, -0.25) is 9.59 Å². The van der Waals surface area contributed by atoms with Gasteiger partial charge in [0.2, 0.25) is 0 Å². The molecule has 4 rings (SSSR count). The van der Waals surface area contributed by atoms with E-state index in [0.717, 1.165) is 0 Å². The van der Waals surface area contributed by atoms with Crippen molar-refractivity contribution in [3.8, 4) is 5.75 Å². The summed E-state index contributed by atoms with van der Waals surface area (Å²) >= 11 is 0. The monoisotopic (exact) mass is 797 g/mol. The topological polar surface area (TPSA) is 64.6 Å². The van der Waals surface area contributed by atoms with Crippen LogP contribution >= 0.6 is 0 Å². The molecule has 0 fully saturated rings. The molecule has 1 atom stereocenters. The van der Waals surface area contributed by atoms with E-state index in [1.807, 2.05) is 0 Å². The first-order valence-electron chi connectivity index (χ1n) is 16.0. The lowest BCUT2D eigenvalue weighted by Crippen LogP contribution is -2.49. The number of rotatable bonds is 14. The van der Waals surface area contributed by atoms with Gasteiger partial charge in [-0.2, -0.15) is 43.9 Å². The summed E-state index contributed by atoms with van der Waals surface area (Å²) in [7, 11) is 0. The molecule has 1 N–H and O–H groups in total. The van der Waals surface area contributed by atoms with E-state index in [9.17, 15) is 62.3 Å². The lowest BCUT2D eigenvalue weighted by atomic mass is 9.76. The second kappa shape index (κ2) is 16.6. The first kappa shape index (κ1) is 42.5. The lowest BCUT2D eigenvalue weighted by molar-refractivity contribution is -0.253. The van der Waals surface area contributed by atoms with Crippen molar-refractivity contribution in [3.63, 3.8) is 0 Å². The predicted octanol–water partition coefficient (Wildman–Crippen LogP) is 10.2. The van der Waals surface area contributed by atoms with Crippen molar-refractivity contribution >= 4 is 11.9 Å². The van der Waals surface area contributed by atoms with Crippen LogP contribution in [0.1, 0.15) is 63.5 Å². The molecule has 55 heavy (non-hydrogen) atoms. The van der Waals surface area contributed by atoms with Crippen LogP contribution in [0.25, 0.3) is 0 Å². The van der Waals surface area contributed by atoms with Gasteiger partial charge >= 0.3 is 30.9 Å². The Morgan fingerprint density at radius 2 is 1.29 bits per heavy atom. The van der Waals surface area contributed by atoms with Crippen LogP contribution in [0.5, 0.6) is 5.75 Å². The zero-order valence-corrected chi connectivity index (χ0v) is 28.2. The zero-order chi connectivity index (χ0) is 40.9. The minimum atomic E-state index is -5.42. The molecule has 0 aromatic heterocycles. The smallest absolute Gasteiger partial charge is 0.461 e. The molecule has 0 radical (unpaired) electrons. The molecule has 1 unspecified atom stereocenters. The van der Waals surface area contributed by atoms with E-state index >= 15 is 4.39 Å². The molecule has 0 saturated carbocycles. The van der Waals surface area contributed by atoms with E-state index in [4.69, 9.17) is 4.74 Å². The number of amides is 1. The molecule has 4 aromatic carbocycles. The van der Waals surface area contributed by atoms with Gasteiger partial charge in [0.15, 0.2) is 0 Å². The molecule has 0 aliphatic rings. The van der Waals surface area contributed by atoms with E-state index in [1.54, 1.807) is 6.92 Å². The Balaban J connectivity index is 1.97. The van der Waals surface area contributed by atoms with Crippen molar-refractivity contribution in [2.45, 2.75) is 63.0 Å². The molecule has 0 aliphatic carbocycles. The van der Waals surface area contributed by atoms with E-state index in [-0.39, 0.29) is 42.9 Å². The van der Waals surface area contributed by atoms with Crippen molar-refractivity contribution in [1.82, 2.24) is 5.32 Å². The van der Waals surface area contributed by atoms with Crippen molar-refractivity contribution in [2.24, 2.45) is 0 Å². The third-order valence-corrected chi connectivity index (χ3v) is 8.14. The summed E-state index contributed by atoms with van der Waals surface area (Å²) in [4.78, 5) is 25.5. The summed E-state index contributed by atoms with van der Waals surface area (Å²) in [6.07, 6.45) is -20.6. The summed E-state index contributed by atoms with van der Waals surface area (Å²) in [5.41, 5.74) is -8.35. The first-order chi connectivity index (χ1) is 25.6. The highest BCUT2D eigenvalue weighted by Crippen LogP contribution is 2.41. The van der Waals surface area contributed by atoms with Gasteiger partial charge in [0.1, 0.15) is 23.2 Å². The molecule has 296 valence electrons. The van der Waals surface area contributed by atoms with E-state index < -0.39 is 99.7 Å². The summed E-state index contributed by atoms with van der Waals surface area (Å²) < 4.78 is 190. The maximum Gasteiger partial charge on any atom is 0.461 e. The number of benzene rings is 4. The van der Waals surface area contributed by atoms with Gasteiger partial charge in [0, 0.05) is 24.5 Å². The maximum atomic E-state index is 15.2. The largest absolute Gasteiger partial charge is 0.466 e. The van der Waals surface area contributed by atoms with Crippen molar-refractivity contribution < 1.29 is 76.1 Å². The number of esters is 1. The normalized spacial score (nSPS) is 13.4. The van der Waals surface area contributed by atoms with Crippen LogP contribution in [-0.2, 0) is 40.3 Å². The Bertz CT molecular complexity index is 2000. The molecule has 1 amide bonds. The van der Waals surface area contributed by atoms with E-state index in [1.165, 1.54) is 24.3 Å². The molecule has 0 bridgehead atoms. The number of halogens is 13. The van der Waals surface area contributed by atoms with Crippen LogP contribution in [0, 0.1) is 17.5 Å². The maximum absolute atomic E-state index is 15.2. The fourth-order valence-electron chi connectivity index (χ4n) is 5.59. The Morgan fingerprint density at radius 3 is 1.87 bits per heavy atom. The average molecular weight is 798 g/mol. The van der Waals surface area contributed by atoms with Crippen LogP contribution < -0.4 is 10.1 Å². The van der Waals surface area contributed by atoms with Gasteiger partial charge in [-0.25, -0.2) is 13.2 Å². The molecular formula is C37H28F13NO4. The van der Waals surface area contributed by atoms with Gasteiger partial charge in [0.25, 0.3) is 5.91 Å². The molecular weight excluding hydrogens is 769 g/mol. The van der Waals surface area contributed by atoms with Gasteiger partial charge < -0.3 is 14.8 Å². The fraction of sp³-hybridized carbons (Fsp3) is 0.297. The van der Waals surface area contributed by atoms with E-state index in [0.29, 0.717) is 48.7 Å². The minimum absolute atomic E-state index is 0.0465. The molecule has 5 nitrogen and oxygen atoms in total. The third kappa shape index (κ3) is 10.5. The van der Waals surface area contributed by atoms with Gasteiger partial charge in [0.05, 0.1) is 23.3 Å². The molecule has 18 heteroatoms. The molecule has 4 aromatic rings. The number of hydrogen-bond donors (Lipinski definition) is 1. The third-order valence-electron chi connectivity index (χ3n) is 8.14. The Labute approximate surface area is 304 Å². The highest BCUT2D eigenvalue weighted by Gasteiger charge is 2.46. The Hall–Kier alpha value is -5.29. The number of nitrogens with one attached hydrogen (secondary N) is 1. The Morgan fingerprint density at radius 1 is 0.709 bits per heavy atom. The molecule has 0 aliphatic heterocycles. The molecule has 0 spiro atoms. The highest BCUT2D eigenvalue weighted by molar-refractivity contribution is 5.95. The number of carbonyl (C=O) groups is 2. The summed E-state index contributed by atoms with van der Waals surface area (Å²) in [5.74, 6) is -8.52. The zero-order valence-electron chi connectivity index (χ0n) is 28.2. The van der Waals surface area contributed by atoms with Gasteiger partial charge in [-0.1, -0.05) is 30.3 Å². The first-order valence-corrected chi connectivity index (χ1v) is 16.0. The number of hydrogen-bond acceptors (Lipinski definition) is 4. The van der Waals surface area contributed by atoms with Crippen LogP contribution in [0.4, 0.5) is 57.1 Å². The summed E-state index contributed by atoms with van der Waals surface area (Å²) in [5, 5.41) is 2.21. The fourth-order valence-corrected chi connectivity index (χ4v) is 5.59. The van der Waals surface area contributed by atoms with Crippen molar-refractivity contribution in [1.29, 1.82) is 0 Å². The summed E-state index contributed by atoms with van der Waals surface area (Å²) in [6.45, 7) is 1.77. The number of aryl methyl sites for hydroxylation is 1. The number of carbonyl (C=O) groups excluding carboxylic acids is 2.